The Bertz CT molecular complexity index is 263. The molecule has 4 heteroatoms. The van der Waals surface area contributed by atoms with Crippen molar-refractivity contribution in [3.05, 3.63) is 0 Å². The molecule has 3 atom stereocenters. The number of piperidine rings is 1. The maximum absolute atomic E-state index is 12.1. The average Bonchev–Trinajstić information content (AvgIpc) is 2.72. The zero-order valence-corrected chi connectivity index (χ0v) is 8.95. The normalized spacial score (nSPS) is 39.7. The Morgan fingerprint density at radius 3 is 3.07 bits per heavy atom. The standard InChI is InChI=1S/C11H18N2O2/c14-11(10-2-1-5-15-10)13-7-8-3-4-12-6-9(8)13/h8-10,12H,1-7H2/t8-,9-,10+/m0/s1. The van der Waals surface area contributed by atoms with Gasteiger partial charge >= 0.3 is 0 Å². The van der Waals surface area contributed by atoms with E-state index in [4.69, 9.17) is 4.74 Å². The fraction of sp³-hybridized carbons (Fsp3) is 0.909. The van der Waals surface area contributed by atoms with Crippen LogP contribution >= 0.6 is 0 Å². The molecule has 1 amide bonds. The number of carbonyl (C=O) groups excluding carboxylic acids is 1. The minimum absolute atomic E-state index is 0.132. The van der Waals surface area contributed by atoms with E-state index in [0.717, 1.165) is 45.0 Å². The summed E-state index contributed by atoms with van der Waals surface area (Å²) in [7, 11) is 0. The predicted molar refractivity (Wildman–Crippen MR) is 55.5 cm³/mol. The fourth-order valence-electron chi connectivity index (χ4n) is 2.93. The molecule has 3 rings (SSSR count). The largest absolute Gasteiger partial charge is 0.368 e. The third-order valence-corrected chi connectivity index (χ3v) is 3.91. The molecule has 4 nitrogen and oxygen atoms in total. The van der Waals surface area contributed by atoms with Crippen molar-refractivity contribution in [1.29, 1.82) is 0 Å². The Balaban J connectivity index is 1.61. The van der Waals surface area contributed by atoms with Gasteiger partial charge in [0, 0.05) is 25.7 Å². The van der Waals surface area contributed by atoms with E-state index in [9.17, 15) is 4.79 Å². The van der Waals surface area contributed by atoms with Crippen LogP contribution in [-0.2, 0) is 9.53 Å². The minimum atomic E-state index is -0.132. The summed E-state index contributed by atoms with van der Waals surface area (Å²) in [4.78, 5) is 14.1. The first-order valence-electron chi connectivity index (χ1n) is 5.99. The summed E-state index contributed by atoms with van der Waals surface area (Å²) >= 11 is 0. The molecule has 0 aromatic heterocycles. The molecule has 0 unspecified atom stereocenters. The molecule has 15 heavy (non-hydrogen) atoms. The number of rotatable bonds is 1. The van der Waals surface area contributed by atoms with E-state index in [1.807, 2.05) is 4.90 Å². The van der Waals surface area contributed by atoms with Gasteiger partial charge in [-0.3, -0.25) is 4.79 Å². The van der Waals surface area contributed by atoms with Crippen molar-refractivity contribution in [2.24, 2.45) is 5.92 Å². The second-order valence-corrected chi connectivity index (χ2v) is 4.81. The van der Waals surface area contributed by atoms with Gasteiger partial charge in [-0.05, 0) is 31.7 Å². The van der Waals surface area contributed by atoms with Gasteiger partial charge in [0.25, 0.3) is 5.91 Å². The first kappa shape index (κ1) is 9.60. The molecule has 0 saturated carbocycles. The summed E-state index contributed by atoms with van der Waals surface area (Å²) in [6.45, 7) is 3.81. The van der Waals surface area contributed by atoms with Crippen LogP contribution in [0.2, 0.25) is 0 Å². The molecule has 0 spiro atoms. The summed E-state index contributed by atoms with van der Waals surface area (Å²) in [5.74, 6) is 0.981. The van der Waals surface area contributed by atoms with Crippen molar-refractivity contribution in [2.45, 2.75) is 31.4 Å². The molecule has 0 radical (unpaired) electrons. The topological polar surface area (TPSA) is 41.6 Å². The van der Waals surface area contributed by atoms with E-state index in [0.29, 0.717) is 6.04 Å². The van der Waals surface area contributed by atoms with Crippen molar-refractivity contribution in [1.82, 2.24) is 10.2 Å². The van der Waals surface area contributed by atoms with Gasteiger partial charge in [-0.15, -0.1) is 0 Å². The Labute approximate surface area is 90.0 Å². The van der Waals surface area contributed by atoms with E-state index < -0.39 is 0 Å². The highest BCUT2D eigenvalue weighted by Crippen LogP contribution is 2.31. The molecular weight excluding hydrogens is 192 g/mol. The van der Waals surface area contributed by atoms with Crippen molar-refractivity contribution in [3.63, 3.8) is 0 Å². The summed E-state index contributed by atoms with van der Waals surface area (Å²) in [6, 6.07) is 0.454. The lowest BCUT2D eigenvalue weighted by molar-refractivity contribution is -0.155. The van der Waals surface area contributed by atoms with Crippen LogP contribution in [0.15, 0.2) is 0 Å². The average molecular weight is 210 g/mol. The van der Waals surface area contributed by atoms with Crippen molar-refractivity contribution in [3.8, 4) is 0 Å². The van der Waals surface area contributed by atoms with Crippen molar-refractivity contribution < 1.29 is 9.53 Å². The number of fused-ring (bicyclic) bond motifs is 1. The van der Waals surface area contributed by atoms with Crippen LogP contribution in [0.3, 0.4) is 0 Å². The second-order valence-electron chi connectivity index (χ2n) is 4.81. The number of carbonyl (C=O) groups is 1. The zero-order chi connectivity index (χ0) is 10.3. The second kappa shape index (κ2) is 3.76. The van der Waals surface area contributed by atoms with Gasteiger partial charge < -0.3 is 15.0 Å². The third kappa shape index (κ3) is 1.56. The number of nitrogens with zero attached hydrogens (tertiary/aromatic N) is 1. The molecule has 1 N–H and O–H groups in total. The first-order chi connectivity index (χ1) is 7.36. The summed E-state index contributed by atoms with van der Waals surface area (Å²) in [6.07, 6.45) is 3.05. The smallest absolute Gasteiger partial charge is 0.252 e. The van der Waals surface area contributed by atoms with Crippen molar-refractivity contribution in [2.75, 3.05) is 26.2 Å². The number of hydrogen-bond donors (Lipinski definition) is 1. The Hall–Kier alpha value is -0.610. The predicted octanol–water partition coefficient (Wildman–Crippen LogP) is -0.0143. The van der Waals surface area contributed by atoms with Gasteiger partial charge in [0.15, 0.2) is 0 Å². The van der Waals surface area contributed by atoms with Gasteiger partial charge in [0.1, 0.15) is 6.10 Å². The van der Waals surface area contributed by atoms with Gasteiger partial charge in [-0.1, -0.05) is 0 Å². The maximum Gasteiger partial charge on any atom is 0.252 e. The molecule has 3 fully saturated rings. The first-order valence-corrected chi connectivity index (χ1v) is 5.99. The zero-order valence-electron chi connectivity index (χ0n) is 8.95. The van der Waals surface area contributed by atoms with Gasteiger partial charge in [-0.25, -0.2) is 0 Å². The lowest BCUT2D eigenvalue weighted by atomic mass is 9.82. The van der Waals surface area contributed by atoms with Gasteiger partial charge in [0.2, 0.25) is 0 Å². The summed E-state index contributed by atoms with van der Waals surface area (Å²) in [5, 5.41) is 3.36. The quantitative estimate of drug-likeness (QED) is 0.661. The van der Waals surface area contributed by atoms with Crippen LogP contribution in [0.4, 0.5) is 0 Å². The molecule has 84 valence electrons. The van der Waals surface area contributed by atoms with E-state index in [1.165, 1.54) is 6.42 Å². The molecule has 3 saturated heterocycles. The molecule has 3 aliphatic rings. The van der Waals surface area contributed by atoms with E-state index >= 15 is 0 Å². The lowest BCUT2D eigenvalue weighted by Gasteiger charge is -2.51. The lowest BCUT2D eigenvalue weighted by Crippen LogP contribution is -2.66. The van der Waals surface area contributed by atoms with E-state index in [2.05, 4.69) is 5.32 Å². The number of likely N-dealkylation sites (tertiary alicyclic amines) is 1. The highest BCUT2D eigenvalue weighted by atomic mass is 16.5. The van der Waals surface area contributed by atoms with Crippen LogP contribution < -0.4 is 5.32 Å². The van der Waals surface area contributed by atoms with Crippen LogP contribution in [0.25, 0.3) is 0 Å². The number of hydrogen-bond acceptors (Lipinski definition) is 3. The molecule has 0 aliphatic carbocycles. The number of nitrogens with one attached hydrogen (secondary N) is 1. The Morgan fingerprint density at radius 1 is 1.40 bits per heavy atom. The molecule has 0 aromatic rings. The van der Waals surface area contributed by atoms with Crippen LogP contribution in [0, 0.1) is 5.92 Å². The van der Waals surface area contributed by atoms with Crippen LogP contribution in [-0.4, -0.2) is 49.2 Å². The highest BCUT2D eigenvalue weighted by molar-refractivity contribution is 5.82. The summed E-state index contributed by atoms with van der Waals surface area (Å²) in [5.41, 5.74) is 0. The maximum atomic E-state index is 12.1. The van der Waals surface area contributed by atoms with Crippen molar-refractivity contribution >= 4 is 5.91 Å². The van der Waals surface area contributed by atoms with Crippen LogP contribution in [0.5, 0.6) is 0 Å². The number of amides is 1. The minimum Gasteiger partial charge on any atom is -0.368 e. The SMILES string of the molecule is O=C([C@H]1CCCO1)N1C[C@@H]2CCNC[C@@H]21. The molecule has 3 heterocycles. The molecule has 0 bridgehead atoms. The molecule has 3 aliphatic heterocycles. The fourth-order valence-corrected chi connectivity index (χ4v) is 2.93. The Kier molecular flexibility index (Phi) is 2.41. The molecular formula is C11H18N2O2. The molecule has 0 aromatic carbocycles. The van der Waals surface area contributed by atoms with E-state index in [1.54, 1.807) is 0 Å². The van der Waals surface area contributed by atoms with Gasteiger partial charge in [-0.2, -0.15) is 0 Å². The van der Waals surface area contributed by atoms with Crippen LogP contribution in [0.1, 0.15) is 19.3 Å². The van der Waals surface area contributed by atoms with E-state index in [-0.39, 0.29) is 12.0 Å². The highest BCUT2D eigenvalue weighted by Gasteiger charge is 2.45. The monoisotopic (exact) mass is 210 g/mol. The Morgan fingerprint density at radius 2 is 2.33 bits per heavy atom. The van der Waals surface area contributed by atoms with Gasteiger partial charge in [0.05, 0.1) is 0 Å². The third-order valence-electron chi connectivity index (χ3n) is 3.91. The summed E-state index contributed by atoms with van der Waals surface area (Å²) < 4.78 is 5.44. The number of ether oxygens (including phenoxy) is 1.